The van der Waals surface area contributed by atoms with Gasteiger partial charge in [0.1, 0.15) is 5.92 Å². The molecule has 2 N–H and O–H groups in total. The van der Waals surface area contributed by atoms with Gasteiger partial charge in [-0.05, 0) is 33.3 Å². The molecule has 0 aliphatic carbocycles. The number of anilines is 1. The van der Waals surface area contributed by atoms with Crippen LogP contribution in [0.25, 0.3) is 11.4 Å². The van der Waals surface area contributed by atoms with Crippen molar-refractivity contribution in [2.24, 2.45) is 0 Å². The lowest BCUT2D eigenvalue weighted by Crippen LogP contribution is -2.46. The fourth-order valence-electron chi connectivity index (χ4n) is 3.32. The Kier molecular flexibility index (Phi) is 5.49. The number of aromatic nitrogens is 2. The number of piperidine rings is 1. The predicted octanol–water partition coefficient (Wildman–Crippen LogP) is 4.51. The van der Waals surface area contributed by atoms with Crippen LogP contribution in [0.2, 0.25) is 0 Å². The number of likely N-dealkylation sites (tertiary alicyclic amines) is 1. The Morgan fingerprint density at radius 2 is 2.21 bits per heavy atom. The maximum absolute atomic E-state index is 14.6. The van der Waals surface area contributed by atoms with Crippen LogP contribution in [-0.2, 0) is 0 Å². The minimum absolute atomic E-state index is 0.0455. The molecule has 3 rings (SSSR count). The van der Waals surface area contributed by atoms with Crippen molar-refractivity contribution in [3.63, 3.8) is 0 Å². The van der Waals surface area contributed by atoms with Gasteiger partial charge in [0, 0.05) is 41.3 Å². The summed E-state index contributed by atoms with van der Waals surface area (Å²) in [6.07, 6.45) is 1.47. The molecule has 2 aromatic rings. The third-order valence-corrected chi connectivity index (χ3v) is 4.79. The maximum Gasteiger partial charge on any atom is 0.276 e. The van der Waals surface area contributed by atoms with E-state index in [0.717, 1.165) is 11.3 Å². The highest BCUT2D eigenvalue weighted by molar-refractivity contribution is 5.87. The average Bonchev–Trinajstić information content (AvgIpc) is 3.09. The third-order valence-electron chi connectivity index (χ3n) is 4.79. The number of alkyl halides is 2. The van der Waals surface area contributed by atoms with Gasteiger partial charge in [-0.2, -0.15) is 4.98 Å². The number of rotatable bonds is 6. The van der Waals surface area contributed by atoms with Crippen LogP contribution >= 0.6 is 0 Å². The molecule has 1 aliphatic rings. The van der Waals surface area contributed by atoms with E-state index in [2.05, 4.69) is 22.0 Å². The second-order valence-electron chi connectivity index (χ2n) is 7.46. The van der Waals surface area contributed by atoms with Crippen molar-refractivity contribution in [1.82, 2.24) is 15.0 Å². The third kappa shape index (κ3) is 4.05. The quantitative estimate of drug-likeness (QED) is 0.711. The van der Waals surface area contributed by atoms with Gasteiger partial charge in [-0.3, -0.25) is 0 Å². The topological polar surface area (TPSA) is 78.0 Å². The van der Waals surface area contributed by atoms with E-state index < -0.39 is 18.4 Å². The highest BCUT2D eigenvalue weighted by atomic mass is 19.3. The van der Waals surface area contributed by atoms with Crippen LogP contribution in [0.15, 0.2) is 35.0 Å². The van der Waals surface area contributed by atoms with Gasteiger partial charge >= 0.3 is 0 Å². The number of hydrogen-bond donors (Lipinski definition) is 2. The smallest absolute Gasteiger partial charge is 0.276 e. The van der Waals surface area contributed by atoms with Gasteiger partial charge in [-0.1, -0.05) is 23.9 Å². The van der Waals surface area contributed by atoms with Crippen LogP contribution in [0.1, 0.15) is 44.6 Å². The molecule has 2 heterocycles. The second kappa shape index (κ2) is 7.69. The minimum atomic E-state index is -2.98. The molecule has 1 aromatic carbocycles. The number of hydrogen-bond acceptors (Lipinski definition) is 6. The molecule has 0 saturated carbocycles. The van der Waals surface area contributed by atoms with Crippen LogP contribution < -0.4 is 5.32 Å². The summed E-state index contributed by atoms with van der Waals surface area (Å²) in [6, 6.07) is 5.49. The molecule has 0 radical (unpaired) electrons. The maximum atomic E-state index is 14.6. The first-order valence-corrected chi connectivity index (χ1v) is 9.24. The van der Waals surface area contributed by atoms with Crippen molar-refractivity contribution in [2.45, 2.75) is 45.1 Å². The van der Waals surface area contributed by atoms with Gasteiger partial charge in [0.25, 0.3) is 5.92 Å². The van der Waals surface area contributed by atoms with Crippen LogP contribution in [-0.4, -0.2) is 46.3 Å². The molecule has 0 spiro atoms. The van der Waals surface area contributed by atoms with Crippen LogP contribution in [0.3, 0.4) is 0 Å². The Morgan fingerprint density at radius 3 is 2.82 bits per heavy atom. The zero-order chi connectivity index (χ0) is 20.5. The van der Waals surface area contributed by atoms with Crippen LogP contribution in [0.4, 0.5) is 14.5 Å². The van der Waals surface area contributed by atoms with E-state index in [1.807, 2.05) is 13.8 Å². The largest absolute Gasteiger partial charge is 0.382 e. The van der Waals surface area contributed by atoms with Gasteiger partial charge in [-0.25, -0.2) is 8.78 Å². The van der Waals surface area contributed by atoms with E-state index in [0.29, 0.717) is 17.8 Å². The number of nitrogens with zero attached hydrogens (tertiary/aromatic N) is 3. The predicted molar refractivity (Wildman–Crippen MR) is 105 cm³/mol. The first-order chi connectivity index (χ1) is 13.2. The van der Waals surface area contributed by atoms with Crippen molar-refractivity contribution >= 4 is 11.9 Å². The Labute approximate surface area is 163 Å². The summed E-state index contributed by atoms with van der Waals surface area (Å²) in [4.78, 5) is 5.84. The van der Waals surface area contributed by atoms with Crippen molar-refractivity contribution in [1.29, 1.82) is 5.41 Å². The molecule has 1 aromatic heterocycles. The Morgan fingerprint density at radius 1 is 1.46 bits per heavy atom. The first-order valence-electron chi connectivity index (χ1n) is 9.24. The molecule has 1 atom stereocenters. The summed E-state index contributed by atoms with van der Waals surface area (Å²) in [6.45, 7) is 9.53. The molecule has 6 nitrogen and oxygen atoms in total. The molecule has 1 saturated heterocycles. The van der Waals surface area contributed by atoms with E-state index in [4.69, 9.17) is 9.93 Å². The molecule has 28 heavy (non-hydrogen) atoms. The van der Waals surface area contributed by atoms with E-state index >= 15 is 0 Å². The summed E-state index contributed by atoms with van der Waals surface area (Å²) >= 11 is 0. The fraction of sp³-hybridized carbons (Fsp3) is 0.450. The van der Waals surface area contributed by atoms with Crippen molar-refractivity contribution in [3.8, 4) is 11.4 Å². The summed E-state index contributed by atoms with van der Waals surface area (Å²) in [5.74, 6) is -3.87. The normalized spacial score (nSPS) is 18.9. The molecule has 150 valence electrons. The number of halogens is 2. The van der Waals surface area contributed by atoms with E-state index in [9.17, 15) is 8.78 Å². The molecule has 1 aliphatic heterocycles. The highest BCUT2D eigenvalue weighted by Gasteiger charge is 2.48. The monoisotopic (exact) mass is 389 g/mol. The Bertz CT molecular complexity index is 877. The zero-order valence-electron chi connectivity index (χ0n) is 16.3. The Hall–Kier alpha value is -2.77. The molecular weight excluding hydrogens is 364 g/mol. The number of nitrogens with one attached hydrogen (secondary N) is 2. The SMILES string of the molecule is C=C(C)N1CCC(c2nc(-c3ccc(C=N)c(NC(C)C)c3)no2)C(F)(F)C1. The molecule has 0 amide bonds. The second-order valence-corrected chi connectivity index (χ2v) is 7.46. The fourth-order valence-corrected chi connectivity index (χ4v) is 3.32. The van der Waals surface area contributed by atoms with Gasteiger partial charge in [-0.15, -0.1) is 0 Å². The lowest BCUT2D eigenvalue weighted by molar-refractivity contribution is -0.0818. The van der Waals surface area contributed by atoms with Crippen LogP contribution in [0, 0.1) is 5.41 Å². The summed E-state index contributed by atoms with van der Waals surface area (Å²) in [5, 5.41) is 14.7. The average molecular weight is 389 g/mol. The summed E-state index contributed by atoms with van der Waals surface area (Å²) in [5.41, 5.74) is 2.75. The first kappa shape index (κ1) is 20.0. The van der Waals surface area contributed by atoms with Gasteiger partial charge in [0.2, 0.25) is 11.7 Å². The standard InChI is InChI=1S/C20H25F2N5O/c1-12(2)24-17-9-14(5-6-15(17)10-23)18-25-19(28-26-18)16-7-8-27(13(3)4)11-20(16,21)22/h5-6,9-10,12,16,23-24H,3,7-8,11H2,1-2,4H3. The summed E-state index contributed by atoms with van der Waals surface area (Å²) < 4.78 is 34.5. The zero-order valence-corrected chi connectivity index (χ0v) is 16.3. The van der Waals surface area contributed by atoms with Crippen molar-refractivity contribution < 1.29 is 13.3 Å². The molecule has 1 fully saturated rings. The van der Waals surface area contributed by atoms with Crippen molar-refractivity contribution in [3.05, 3.63) is 41.9 Å². The van der Waals surface area contributed by atoms with Crippen molar-refractivity contribution in [2.75, 3.05) is 18.4 Å². The molecule has 0 bridgehead atoms. The lowest BCUT2D eigenvalue weighted by atomic mass is 9.92. The van der Waals surface area contributed by atoms with E-state index in [1.54, 1.807) is 30.0 Å². The van der Waals surface area contributed by atoms with Crippen LogP contribution in [0.5, 0.6) is 0 Å². The molecule has 1 unspecified atom stereocenters. The Balaban J connectivity index is 1.86. The van der Waals surface area contributed by atoms with Gasteiger partial charge in [0.15, 0.2) is 0 Å². The van der Waals surface area contributed by atoms with E-state index in [-0.39, 0.29) is 24.2 Å². The van der Waals surface area contributed by atoms with Gasteiger partial charge in [0.05, 0.1) is 6.54 Å². The molecule has 8 heteroatoms. The van der Waals surface area contributed by atoms with E-state index in [1.165, 1.54) is 6.21 Å². The highest BCUT2D eigenvalue weighted by Crippen LogP contribution is 2.41. The number of allylic oxidation sites excluding steroid dienone is 1. The minimum Gasteiger partial charge on any atom is -0.382 e. The summed E-state index contributed by atoms with van der Waals surface area (Å²) in [7, 11) is 0. The number of benzene rings is 1. The molecular formula is C20H25F2N5O. The van der Waals surface area contributed by atoms with Gasteiger partial charge < -0.3 is 20.1 Å². The lowest BCUT2D eigenvalue weighted by Gasteiger charge is -2.38.